The Hall–Kier alpha value is -0.0400. The van der Waals surface area contributed by atoms with E-state index in [9.17, 15) is 0 Å². The first-order valence-electron chi connectivity index (χ1n) is 5.08. The van der Waals surface area contributed by atoms with Gasteiger partial charge in [0.15, 0.2) is 0 Å². The maximum absolute atomic E-state index is 2.37. The summed E-state index contributed by atoms with van der Waals surface area (Å²) in [6.45, 7) is 10.5. The molecule has 1 heteroatoms. The predicted octanol–water partition coefficient (Wildman–Crippen LogP) is 2.87. The van der Waals surface area contributed by atoms with Crippen molar-refractivity contribution in [2.24, 2.45) is 17.8 Å². The molecule has 0 heterocycles. The number of nitrogens with zero attached hydrogens (tertiary/aromatic N) is 1. The van der Waals surface area contributed by atoms with Gasteiger partial charge in [-0.05, 0) is 38.3 Å². The van der Waals surface area contributed by atoms with E-state index in [0.29, 0.717) is 0 Å². The molecule has 0 spiro atoms. The molecule has 12 heavy (non-hydrogen) atoms. The molecule has 0 saturated carbocycles. The molecule has 0 aliphatic heterocycles. The van der Waals surface area contributed by atoms with Crippen molar-refractivity contribution in [3.05, 3.63) is 0 Å². The fourth-order valence-corrected chi connectivity index (χ4v) is 1.73. The summed E-state index contributed by atoms with van der Waals surface area (Å²) in [5.41, 5.74) is 0. The largest absolute Gasteiger partial charge is 0.309 e. The van der Waals surface area contributed by atoms with Gasteiger partial charge in [-0.15, -0.1) is 0 Å². The Morgan fingerprint density at radius 1 is 0.917 bits per heavy atom. The molecule has 2 atom stereocenters. The third-order valence-electron chi connectivity index (χ3n) is 2.47. The van der Waals surface area contributed by atoms with Crippen molar-refractivity contribution in [2.75, 3.05) is 20.6 Å². The van der Waals surface area contributed by atoms with Gasteiger partial charge in [0.2, 0.25) is 0 Å². The van der Waals surface area contributed by atoms with Gasteiger partial charge in [0.1, 0.15) is 0 Å². The molecular weight excluding hydrogens is 146 g/mol. The molecule has 0 aliphatic rings. The Labute approximate surface area is 78.1 Å². The highest BCUT2D eigenvalue weighted by molar-refractivity contribution is 4.65. The molecule has 0 aromatic rings. The minimum absolute atomic E-state index is 0.822. The van der Waals surface area contributed by atoms with Gasteiger partial charge in [-0.3, -0.25) is 0 Å². The highest BCUT2D eigenvalue weighted by Crippen LogP contribution is 2.19. The van der Waals surface area contributed by atoms with Crippen molar-refractivity contribution in [1.29, 1.82) is 0 Å². The lowest BCUT2D eigenvalue weighted by molar-refractivity contribution is 0.249. The van der Waals surface area contributed by atoms with Gasteiger partial charge in [0.05, 0.1) is 0 Å². The van der Waals surface area contributed by atoms with Crippen LogP contribution in [0.1, 0.15) is 34.1 Å². The molecule has 0 radical (unpaired) electrons. The summed E-state index contributed by atoms with van der Waals surface area (Å²) in [6, 6.07) is 0. The number of hydrogen-bond acceptors (Lipinski definition) is 1. The van der Waals surface area contributed by atoms with Crippen molar-refractivity contribution in [3.8, 4) is 0 Å². The van der Waals surface area contributed by atoms with E-state index in [0.717, 1.165) is 17.8 Å². The lowest BCUT2D eigenvalue weighted by Crippen LogP contribution is -2.24. The van der Waals surface area contributed by atoms with Crippen LogP contribution < -0.4 is 0 Å². The van der Waals surface area contributed by atoms with Gasteiger partial charge in [-0.1, -0.05) is 27.7 Å². The highest BCUT2D eigenvalue weighted by atomic mass is 15.1. The van der Waals surface area contributed by atoms with E-state index in [-0.39, 0.29) is 0 Å². The van der Waals surface area contributed by atoms with E-state index < -0.39 is 0 Å². The van der Waals surface area contributed by atoms with Crippen LogP contribution in [0, 0.1) is 17.8 Å². The second-order valence-corrected chi connectivity index (χ2v) is 4.85. The summed E-state index contributed by atoms with van der Waals surface area (Å²) in [5, 5.41) is 0. The zero-order chi connectivity index (χ0) is 9.72. The Morgan fingerprint density at radius 3 is 1.75 bits per heavy atom. The minimum Gasteiger partial charge on any atom is -0.309 e. The molecule has 0 aromatic carbocycles. The first kappa shape index (κ1) is 12.0. The fraction of sp³-hybridized carbons (Fsp3) is 1.00. The summed E-state index contributed by atoms with van der Waals surface area (Å²) in [5.74, 6) is 2.51. The Morgan fingerprint density at radius 2 is 1.42 bits per heavy atom. The van der Waals surface area contributed by atoms with E-state index in [4.69, 9.17) is 0 Å². The van der Waals surface area contributed by atoms with Crippen LogP contribution in [0.5, 0.6) is 0 Å². The molecule has 0 bridgehead atoms. The normalized spacial score (nSPS) is 17.0. The SMILES string of the molecule is CC(C)CC(C)C(C)CN(C)C. The summed E-state index contributed by atoms with van der Waals surface area (Å²) in [7, 11) is 4.30. The number of hydrogen-bond donors (Lipinski definition) is 0. The Balaban J connectivity index is 3.68. The molecule has 0 aliphatic carbocycles. The first-order chi connectivity index (χ1) is 5.43. The van der Waals surface area contributed by atoms with Gasteiger partial charge in [0, 0.05) is 6.54 Å². The lowest BCUT2D eigenvalue weighted by Gasteiger charge is -2.24. The molecule has 0 rings (SSSR count). The highest BCUT2D eigenvalue weighted by Gasteiger charge is 2.13. The monoisotopic (exact) mass is 171 g/mol. The van der Waals surface area contributed by atoms with Gasteiger partial charge in [-0.2, -0.15) is 0 Å². The van der Waals surface area contributed by atoms with Gasteiger partial charge < -0.3 is 4.90 Å². The van der Waals surface area contributed by atoms with Gasteiger partial charge in [0.25, 0.3) is 0 Å². The fourth-order valence-electron chi connectivity index (χ4n) is 1.73. The Bertz CT molecular complexity index is 93.6. The lowest BCUT2D eigenvalue weighted by atomic mass is 9.88. The molecule has 0 amide bonds. The molecule has 2 unspecified atom stereocenters. The van der Waals surface area contributed by atoms with Crippen LogP contribution in [0.15, 0.2) is 0 Å². The van der Waals surface area contributed by atoms with Gasteiger partial charge in [-0.25, -0.2) is 0 Å². The summed E-state index contributed by atoms with van der Waals surface area (Å²) < 4.78 is 0. The Kier molecular flexibility index (Phi) is 5.56. The maximum atomic E-state index is 2.37. The molecule has 1 nitrogen and oxygen atoms in total. The van der Waals surface area contributed by atoms with E-state index in [1.807, 2.05) is 0 Å². The van der Waals surface area contributed by atoms with Crippen LogP contribution in [-0.4, -0.2) is 25.5 Å². The van der Waals surface area contributed by atoms with Crippen LogP contribution in [0.4, 0.5) is 0 Å². The minimum atomic E-state index is 0.822. The third kappa shape index (κ3) is 5.59. The van der Waals surface area contributed by atoms with Gasteiger partial charge >= 0.3 is 0 Å². The summed E-state index contributed by atoms with van der Waals surface area (Å²) in [4.78, 5) is 2.28. The topological polar surface area (TPSA) is 3.24 Å². The zero-order valence-electron chi connectivity index (χ0n) is 9.59. The van der Waals surface area contributed by atoms with Crippen molar-refractivity contribution in [2.45, 2.75) is 34.1 Å². The quantitative estimate of drug-likeness (QED) is 0.615. The van der Waals surface area contributed by atoms with E-state index in [1.165, 1.54) is 13.0 Å². The van der Waals surface area contributed by atoms with Crippen LogP contribution in [0.3, 0.4) is 0 Å². The molecule has 0 N–H and O–H groups in total. The maximum Gasteiger partial charge on any atom is 0.000347 e. The van der Waals surface area contributed by atoms with E-state index in [2.05, 4.69) is 46.7 Å². The average Bonchev–Trinajstić information content (AvgIpc) is 1.84. The van der Waals surface area contributed by atoms with Crippen LogP contribution >= 0.6 is 0 Å². The molecule has 0 aromatic heterocycles. The van der Waals surface area contributed by atoms with Crippen molar-refractivity contribution in [1.82, 2.24) is 4.90 Å². The molecule has 0 saturated heterocycles. The van der Waals surface area contributed by atoms with Crippen LogP contribution in [0.25, 0.3) is 0 Å². The molecule has 74 valence electrons. The van der Waals surface area contributed by atoms with E-state index >= 15 is 0 Å². The van der Waals surface area contributed by atoms with Crippen LogP contribution in [0.2, 0.25) is 0 Å². The van der Waals surface area contributed by atoms with Crippen molar-refractivity contribution >= 4 is 0 Å². The molecule has 0 fully saturated rings. The third-order valence-corrected chi connectivity index (χ3v) is 2.47. The average molecular weight is 171 g/mol. The summed E-state index contributed by atoms with van der Waals surface area (Å²) in [6.07, 6.45) is 1.36. The predicted molar refractivity (Wildman–Crippen MR) is 56.3 cm³/mol. The van der Waals surface area contributed by atoms with Crippen molar-refractivity contribution < 1.29 is 0 Å². The van der Waals surface area contributed by atoms with Crippen molar-refractivity contribution in [3.63, 3.8) is 0 Å². The standard InChI is InChI=1S/C11H25N/c1-9(2)7-10(3)11(4)8-12(5)6/h9-11H,7-8H2,1-6H3. The second-order valence-electron chi connectivity index (χ2n) is 4.85. The first-order valence-corrected chi connectivity index (χ1v) is 5.08. The second kappa shape index (κ2) is 5.58. The number of rotatable bonds is 5. The zero-order valence-corrected chi connectivity index (χ0v) is 9.59. The summed E-state index contributed by atoms with van der Waals surface area (Å²) >= 11 is 0. The van der Waals surface area contributed by atoms with E-state index in [1.54, 1.807) is 0 Å². The smallest absolute Gasteiger partial charge is 0.000347 e. The van der Waals surface area contributed by atoms with Crippen LogP contribution in [-0.2, 0) is 0 Å². The molecular formula is C11H25N.